The molecule has 0 heterocycles. The van der Waals surface area contributed by atoms with Crippen LogP contribution in [0.25, 0.3) is 0 Å². The van der Waals surface area contributed by atoms with E-state index in [1.54, 1.807) is 6.92 Å². The van der Waals surface area contributed by atoms with Crippen LogP contribution in [-0.2, 0) is 4.79 Å². The molecule has 6 heteroatoms. The number of thioether (sulfide) groups is 1. The van der Waals surface area contributed by atoms with Gasteiger partial charge in [-0.1, -0.05) is 19.1 Å². The van der Waals surface area contributed by atoms with Gasteiger partial charge in [0.1, 0.15) is 5.25 Å². The molecule has 3 nitrogen and oxygen atoms in total. The number of carbonyl (C=O) groups is 1. The van der Waals surface area contributed by atoms with Gasteiger partial charge in [0, 0.05) is 0 Å². The Hall–Kier alpha value is -0.250. The second-order valence-corrected chi connectivity index (χ2v) is 5.79. The molecule has 84 valence electrons. The van der Waals surface area contributed by atoms with Crippen LogP contribution >= 0.6 is 36.6 Å². The summed E-state index contributed by atoms with van der Waals surface area (Å²) < 4.78 is 0.535. The molecule has 0 spiro atoms. The summed E-state index contributed by atoms with van der Waals surface area (Å²) in [6.45, 7) is 3.59. The Labute approximate surface area is 105 Å². The van der Waals surface area contributed by atoms with Gasteiger partial charge in [-0.2, -0.15) is 17.9 Å². The van der Waals surface area contributed by atoms with Crippen LogP contribution in [0.15, 0.2) is 0 Å². The van der Waals surface area contributed by atoms with Gasteiger partial charge in [0.15, 0.2) is 0 Å². The Kier molecular flexibility index (Phi) is 6.25. The molecule has 0 saturated carbocycles. The fraction of sp³-hybridized carbons (Fsp3) is 0.667. The highest BCUT2D eigenvalue weighted by Crippen LogP contribution is 2.32. The second kappa shape index (κ2) is 6.36. The predicted molar refractivity (Wildman–Crippen MR) is 69.5 cm³/mol. The fourth-order valence-corrected chi connectivity index (χ4v) is 2.50. The summed E-state index contributed by atoms with van der Waals surface area (Å²) in [5, 5.41) is 16.9. The lowest BCUT2D eigenvalue weighted by Crippen LogP contribution is -2.29. The third-order valence-electron chi connectivity index (χ3n) is 1.86. The third kappa shape index (κ3) is 4.41. The summed E-state index contributed by atoms with van der Waals surface area (Å²) >= 11 is 10.4. The Morgan fingerprint density at radius 2 is 2.33 bits per heavy atom. The topological polar surface area (TPSA) is 61.1 Å². The molecular formula is C9H13NO2S3. The van der Waals surface area contributed by atoms with Gasteiger partial charge in [-0.15, -0.1) is 11.8 Å². The van der Waals surface area contributed by atoms with Gasteiger partial charge < -0.3 is 5.11 Å². The van der Waals surface area contributed by atoms with Gasteiger partial charge in [-0.05, 0) is 19.1 Å². The minimum absolute atomic E-state index is 0.133. The van der Waals surface area contributed by atoms with Crippen LogP contribution in [0.5, 0.6) is 0 Å². The zero-order valence-corrected chi connectivity index (χ0v) is 11.1. The highest BCUT2D eigenvalue weighted by atomic mass is 32.2. The average Bonchev–Trinajstić information content (AvgIpc) is 2.17. The Morgan fingerprint density at radius 1 is 1.80 bits per heavy atom. The van der Waals surface area contributed by atoms with Crippen molar-refractivity contribution in [3.8, 4) is 6.07 Å². The molecule has 0 rings (SSSR count). The maximum Gasteiger partial charge on any atom is 0.316 e. The molecule has 15 heavy (non-hydrogen) atoms. The van der Waals surface area contributed by atoms with E-state index in [9.17, 15) is 4.79 Å². The van der Waals surface area contributed by atoms with Crippen LogP contribution in [0.4, 0.5) is 0 Å². The van der Waals surface area contributed by atoms with Crippen molar-refractivity contribution in [3.63, 3.8) is 0 Å². The first-order chi connectivity index (χ1) is 6.87. The lowest BCUT2D eigenvalue weighted by atomic mass is 9.89. The molecule has 0 aromatic carbocycles. The van der Waals surface area contributed by atoms with Crippen molar-refractivity contribution in [2.75, 3.05) is 5.75 Å². The van der Waals surface area contributed by atoms with Crippen molar-refractivity contribution in [2.24, 2.45) is 5.41 Å². The average molecular weight is 263 g/mol. The van der Waals surface area contributed by atoms with Crippen LogP contribution in [0.2, 0.25) is 0 Å². The molecular weight excluding hydrogens is 250 g/mol. The molecule has 1 N–H and O–H groups in total. The van der Waals surface area contributed by atoms with E-state index in [-0.39, 0.29) is 6.42 Å². The van der Waals surface area contributed by atoms with Gasteiger partial charge >= 0.3 is 5.97 Å². The van der Waals surface area contributed by atoms with Crippen molar-refractivity contribution < 1.29 is 9.90 Å². The van der Waals surface area contributed by atoms with Crippen molar-refractivity contribution in [2.45, 2.75) is 25.5 Å². The number of aliphatic carboxylic acids is 1. The number of thiol groups is 1. The van der Waals surface area contributed by atoms with Gasteiger partial charge in [0.05, 0.1) is 15.7 Å². The molecule has 0 bridgehead atoms. The lowest BCUT2D eigenvalue weighted by Gasteiger charge is -2.23. The molecule has 0 aliphatic heterocycles. The van der Waals surface area contributed by atoms with E-state index in [0.29, 0.717) is 4.20 Å². The van der Waals surface area contributed by atoms with Crippen molar-refractivity contribution >= 4 is 46.8 Å². The van der Waals surface area contributed by atoms with E-state index in [1.807, 2.05) is 6.92 Å². The van der Waals surface area contributed by atoms with Crippen LogP contribution < -0.4 is 0 Å². The van der Waals surface area contributed by atoms with E-state index >= 15 is 0 Å². The Morgan fingerprint density at radius 3 is 2.67 bits per heavy atom. The van der Waals surface area contributed by atoms with Gasteiger partial charge in [0.2, 0.25) is 0 Å². The molecule has 2 atom stereocenters. The first kappa shape index (κ1) is 14.8. The zero-order chi connectivity index (χ0) is 12.1. The molecule has 0 aliphatic carbocycles. The summed E-state index contributed by atoms with van der Waals surface area (Å²) in [4.78, 5) is 10.6. The number of carboxylic acids is 1. The minimum Gasteiger partial charge on any atom is -0.480 e. The Bertz CT molecular complexity index is 300. The summed E-state index contributed by atoms with van der Waals surface area (Å²) in [5.41, 5.74) is -0.902. The molecule has 0 aromatic heterocycles. The summed E-state index contributed by atoms with van der Waals surface area (Å²) in [6.07, 6.45) is 0.133. The second-order valence-electron chi connectivity index (χ2n) is 3.22. The normalized spacial score (nSPS) is 16.1. The first-order valence-electron chi connectivity index (χ1n) is 4.36. The maximum absolute atomic E-state index is 10.6. The molecule has 0 radical (unpaired) electrons. The van der Waals surface area contributed by atoms with E-state index in [1.165, 1.54) is 11.8 Å². The van der Waals surface area contributed by atoms with E-state index in [0.717, 1.165) is 5.75 Å². The van der Waals surface area contributed by atoms with Gasteiger partial charge in [-0.3, -0.25) is 4.79 Å². The minimum atomic E-state index is -1.02. The molecule has 0 amide bonds. The van der Waals surface area contributed by atoms with Crippen LogP contribution in [0, 0.1) is 16.7 Å². The van der Waals surface area contributed by atoms with Gasteiger partial charge in [0.25, 0.3) is 0 Å². The molecule has 0 fully saturated rings. The number of rotatable bonds is 5. The smallest absolute Gasteiger partial charge is 0.316 e. The number of nitrogens with zero attached hydrogens (tertiary/aromatic N) is 1. The summed E-state index contributed by atoms with van der Waals surface area (Å²) in [7, 11) is 0. The standard InChI is InChI=1S/C9H13NO2S3/c1-3-15-8(14)9(2,5-10)4-6(13)7(11)12/h6,13H,3-4H2,1-2H3,(H,11,12). The molecule has 0 aromatic rings. The zero-order valence-electron chi connectivity index (χ0n) is 8.56. The number of thiocarbonyl (C=S) groups is 1. The summed E-state index contributed by atoms with van der Waals surface area (Å²) in [5.74, 6) is -0.246. The number of carboxylic acid groups (broad SMARTS) is 1. The van der Waals surface area contributed by atoms with Crippen LogP contribution in [0.3, 0.4) is 0 Å². The van der Waals surface area contributed by atoms with Crippen molar-refractivity contribution in [1.82, 2.24) is 0 Å². The van der Waals surface area contributed by atoms with Crippen molar-refractivity contribution in [1.29, 1.82) is 5.26 Å². The summed E-state index contributed by atoms with van der Waals surface area (Å²) in [6, 6.07) is 2.07. The number of hydrogen-bond donors (Lipinski definition) is 2. The van der Waals surface area contributed by atoms with E-state index in [4.69, 9.17) is 22.6 Å². The Balaban J connectivity index is 4.66. The predicted octanol–water partition coefficient (Wildman–Crippen LogP) is 2.37. The van der Waals surface area contributed by atoms with E-state index < -0.39 is 16.6 Å². The maximum atomic E-state index is 10.6. The highest BCUT2D eigenvalue weighted by molar-refractivity contribution is 8.23. The molecule has 0 saturated heterocycles. The largest absolute Gasteiger partial charge is 0.480 e. The quantitative estimate of drug-likeness (QED) is 0.589. The highest BCUT2D eigenvalue weighted by Gasteiger charge is 2.34. The van der Waals surface area contributed by atoms with Crippen molar-refractivity contribution in [3.05, 3.63) is 0 Å². The van der Waals surface area contributed by atoms with Crippen LogP contribution in [0.1, 0.15) is 20.3 Å². The first-order valence-corrected chi connectivity index (χ1v) is 6.27. The van der Waals surface area contributed by atoms with E-state index in [2.05, 4.69) is 18.7 Å². The van der Waals surface area contributed by atoms with Crippen LogP contribution in [-0.4, -0.2) is 26.3 Å². The monoisotopic (exact) mass is 263 g/mol. The van der Waals surface area contributed by atoms with Gasteiger partial charge in [-0.25, -0.2) is 0 Å². The molecule has 2 unspecified atom stereocenters. The number of hydrogen-bond acceptors (Lipinski definition) is 5. The fourth-order valence-electron chi connectivity index (χ4n) is 0.939. The molecule has 0 aliphatic rings. The SMILES string of the molecule is CCSC(=S)C(C)(C#N)CC(S)C(=O)O. The third-order valence-corrected chi connectivity index (χ3v) is 4.07. The number of nitriles is 1. The lowest BCUT2D eigenvalue weighted by molar-refractivity contribution is -0.136.